The molecule has 0 aliphatic rings. The molecular formula is C9H13ClN2O. The van der Waals surface area contributed by atoms with E-state index in [0.29, 0.717) is 11.6 Å². The zero-order valence-corrected chi connectivity index (χ0v) is 8.25. The Labute approximate surface area is 82.8 Å². The van der Waals surface area contributed by atoms with Gasteiger partial charge in [0.2, 0.25) is 0 Å². The van der Waals surface area contributed by atoms with E-state index in [1.54, 1.807) is 6.20 Å². The fraction of sp³-hybridized carbons (Fsp3) is 0.444. The van der Waals surface area contributed by atoms with Gasteiger partial charge in [-0.3, -0.25) is 0 Å². The van der Waals surface area contributed by atoms with E-state index in [1.807, 2.05) is 19.2 Å². The normalized spacial score (nSPS) is 12.8. The lowest BCUT2D eigenvalue weighted by Crippen LogP contribution is -2.18. The van der Waals surface area contributed by atoms with Crippen LogP contribution in [0.2, 0.25) is 5.15 Å². The summed E-state index contributed by atoms with van der Waals surface area (Å²) in [6.45, 7) is 0.136. The van der Waals surface area contributed by atoms with Crippen LogP contribution in [0, 0.1) is 0 Å². The number of nitrogens with one attached hydrogen (secondary N) is 1. The van der Waals surface area contributed by atoms with Crippen LogP contribution in [0.25, 0.3) is 0 Å². The molecule has 0 fully saturated rings. The maximum Gasteiger partial charge on any atom is 0.133 e. The molecule has 0 aromatic carbocycles. The summed E-state index contributed by atoms with van der Waals surface area (Å²) >= 11 is 5.90. The number of hydrogen-bond acceptors (Lipinski definition) is 3. The van der Waals surface area contributed by atoms with Crippen molar-refractivity contribution in [2.45, 2.75) is 12.5 Å². The van der Waals surface area contributed by atoms with Gasteiger partial charge in [0.25, 0.3) is 0 Å². The highest BCUT2D eigenvalue weighted by molar-refractivity contribution is 6.30. The Bertz CT molecular complexity index is 268. The van der Waals surface area contributed by atoms with Crippen LogP contribution in [0.5, 0.6) is 0 Å². The molecule has 13 heavy (non-hydrogen) atoms. The van der Waals surface area contributed by atoms with Crippen LogP contribution in [0.3, 0.4) is 0 Å². The number of aliphatic hydroxyl groups is 1. The van der Waals surface area contributed by atoms with Crippen molar-refractivity contribution in [2.75, 3.05) is 13.7 Å². The third kappa shape index (κ3) is 2.66. The summed E-state index contributed by atoms with van der Waals surface area (Å²) in [5, 5.41) is 12.4. The van der Waals surface area contributed by atoms with E-state index in [1.165, 1.54) is 0 Å². The standard InChI is InChI=1S/C9H13ClN2O/c1-11-8(4-6-13)7-3-2-5-12-9(7)10/h2-3,5,8,11,13H,4,6H2,1H3. The first-order valence-corrected chi connectivity index (χ1v) is 4.56. The van der Waals surface area contributed by atoms with Crippen LogP contribution in [0.15, 0.2) is 18.3 Å². The summed E-state index contributed by atoms with van der Waals surface area (Å²) in [4.78, 5) is 3.97. The van der Waals surface area contributed by atoms with Gasteiger partial charge in [0.15, 0.2) is 0 Å². The second-order valence-corrected chi connectivity index (χ2v) is 3.09. The lowest BCUT2D eigenvalue weighted by Gasteiger charge is -2.15. The van der Waals surface area contributed by atoms with Crippen molar-refractivity contribution >= 4 is 11.6 Å². The van der Waals surface area contributed by atoms with Crippen LogP contribution in [0.1, 0.15) is 18.0 Å². The summed E-state index contributed by atoms with van der Waals surface area (Å²) in [6, 6.07) is 3.82. The second kappa shape index (κ2) is 5.17. The van der Waals surface area contributed by atoms with Crippen LogP contribution < -0.4 is 5.32 Å². The zero-order valence-electron chi connectivity index (χ0n) is 7.50. The van der Waals surface area contributed by atoms with Gasteiger partial charge in [-0.05, 0) is 19.5 Å². The Morgan fingerprint density at radius 3 is 3.00 bits per heavy atom. The van der Waals surface area contributed by atoms with Crippen molar-refractivity contribution in [3.05, 3.63) is 29.0 Å². The van der Waals surface area contributed by atoms with E-state index in [2.05, 4.69) is 10.3 Å². The molecule has 1 heterocycles. The topological polar surface area (TPSA) is 45.1 Å². The van der Waals surface area contributed by atoms with Gasteiger partial charge in [-0.2, -0.15) is 0 Å². The second-order valence-electron chi connectivity index (χ2n) is 2.74. The fourth-order valence-corrected chi connectivity index (χ4v) is 1.49. The number of nitrogens with zero attached hydrogens (tertiary/aromatic N) is 1. The molecule has 72 valence electrons. The molecule has 0 aliphatic carbocycles. The van der Waals surface area contributed by atoms with Crippen molar-refractivity contribution in [1.29, 1.82) is 0 Å². The molecule has 0 saturated heterocycles. The molecule has 0 bridgehead atoms. The number of hydrogen-bond donors (Lipinski definition) is 2. The first kappa shape index (κ1) is 10.4. The maximum absolute atomic E-state index is 8.82. The van der Waals surface area contributed by atoms with Crippen LogP contribution >= 0.6 is 11.6 Å². The van der Waals surface area contributed by atoms with Crippen molar-refractivity contribution in [3.63, 3.8) is 0 Å². The lowest BCUT2D eigenvalue weighted by molar-refractivity contribution is 0.268. The molecule has 1 aromatic heterocycles. The van der Waals surface area contributed by atoms with Crippen LogP contribution in [-0.2, 0) is 0 Å². The molecule has 0 saturated carbocycles. The van der Waals surface area contributed by atoms with Gasteiger partial charge < -0.3 is 10.4 Å². The van der Waals surface area contributed by atoms with E-state index in [0.717, 1.165) is 5.56 Å². The average molecular weight is 201 g/mol. The molecule has 1 atom stereocenters. The van der Waals surface area contributed by atoms with E-state index >= 15 is 0 Å². The fourth-order valence-electron chi connectivity index (χ4n) is 1.24. The van der Waals surface area contributed by atoms with Crippen LogP contribution in [-0.4, -0.2) is 23.7 Å². The Hall–Kier alpha value is -0.640. The minimum absolute atomic E-state index is 0.0752. The first-order chi connectivity index (χ1) is 6.29. The van der Waals surface area contributed by atoms with Gasteiger partial charge in [-0.25, -0.2) is 4.98 Å². The largest absolute Gasteiger partial charge is 0.396 e. The molecule has 0 aliphatic heterocycles. The summed E-state index contributed by atoms with van der Waals surface area (Å²) in [5.41, 5.74) is 0.931. The summed E-state index contributed by atoms with van der Waals surface area (Å²) in [5.74, 6) is 0. The Balaban J connectivity index is 2.84. The molecular weight excluding hydrogens is 188 g/mol. The van der Waals surface area contributed by atoms with Crippen molar-refractivity contribution < 1.29 is 5.11 Å². The van der Waals surface area contributed by atoms with E-state index in [4.69, 9.17) is 16.7 Å². The predicted molar refractivity (Wildman–Crippen MR) is 52.8 cm³/mol. The number of halogens is 1. The predicted octanol–water partition coefficient (Wildman–Crippen LogP) is 1.38. The highest BCUT2D eigenvalue weighted by Crippen LogP contribution is 2.22. The number of rotatable bonds is 4. The summed E-state index contributed by atoms with van der Waals surface area (Å²) < 4.78 is 0. The van der Waals surface area contributed by atoms with E-state index in [-0.39, 0.29) is 12.6 Å². The number of pyridine rings is 1. The molecule has 2 N–H and O–H groups in total. The van der Waals surface area contributed by atoms with Gasteiger partial charge in [-0.1, -0.05) is 17.7 Å². The average Bonchev–Trinajstić information content (AvgIpc) is 2.16. The Morgan fingerprint density at radius 2 is 2.46 bits per heavy atom. The molecule has 1 unspecified atom stereocenters. The molecule has 0 spiro atoms. The quantitative estimate of drug-likeness (QED) is 0.722. The highest BCUT2D eigenvalue weighted by Gasteiger charge is 2.11. The smallest absolute Gasteiger partial charge is 0.133 e. The molecule has 1 rings (SSSR count). The monoisotopic (exact) mass is 200 g/mol. The minimum atomic E-state index is 0.0752. The van der Waals surface area contributed by atoms with Crippen LogP contribution in [0.4, 0.5) is 0 Å². The van der Waals surface area contributed by atoms with E-state index < -0.39 is 0 Å². The highest BCUT2D eigenvalue weighted by atomic mass is 35.5. The maximum atomic E-state index is 8.82. The van der Waals surface area contributed by atoms with Crippen molar-refractivity contribution in [3.8, 4) is 0 Å². The van der Waals surface area contributed by atoms with Gasteiger partial charge in [0.1, 0.15) is 5.15 Å². The molecule has 3 nitrogen and oxygen atoms in total. The van der Waals surface area contributed by atoms with Crippen molar-refractivity contribution in [2.24, 2.45) is 0 Å². The summed E-state index contributed by atoms with van der Waals surface area (Å²) in [6.07, 6.45) is 2.29. The first-order valence-electron chi connectivity index (χ1n) is 4.18. The number of aliphatic hydroxyl groups excluding tert-OH is 1. The molecule has 0 amide bonds. The SMILES string of the molecule is CNC(CCO)c1cccnc1Cl. The molecule has 0 radical (unpaired) electrons. The molecule has 4 heteroatoms. The minimum Gasteiger partial charge on any atom is -0.396 e. The van der Waals surface area contributed by atoms with Gasteiger partial charge in [-0.15, -0.1) is 0 Å². The lowest BCUT2D eigenvalue weighted by atomic mass is 10.1. The zero-order chi connectivity index (χ0) is 9.68. The van der Waals surface area contributed by atoms with Gasteiger partial charge >= 0.3 is 0 Å². The van der Waals surface area contributed by atoms with Crippen molar-refractivity contribution in [1.82, 2.24) is 10.3 Å². The molecule has 1 aromatic rings. The number of aromatic nitrogens is 1. The third-order valence-corrected chi connectivity index (χ3v) is 2.25. The summed E-state index contributed by atoms with van der Waals surface area (Å²) in [7, 11) is 1.84. The Kier molecular flexibility index (Phi) is 4.15. The third-order valence-electron chi connectivity index (χ3n) is 1.93. The van der Waals surface area contributed by atoms with Gasteiger partial charge in [0.05, 0.1) is 0 Å². The van der Waals surface area contributed by atoms with Gasteiger partial charge in [0, 0.05) is 24.4 Å². The van der Waals surface area contributed by atoms with E-state index in [9.17, 15) is 0 Å². The Morgan fingerprint density at radius 1 is 1.69 bits per heavy atom.